The van der Waals surface area contributed by atoms with Gasteiger partial charge >= 0.3 is 0 Å². The van der Waals surface area contributed by atoms with Crippen molar-refractivity contribution in [2.75, 3.05) is 6.54 Å². The zero-order valence-electron chi connectivity index (χ0n) is 13.0. The molecule has 1 heterocycles. The standard InChI is InChI=1S/C18H18Cl2N2O.ClH/c19-15-6-5-13(16(20)10-15)9-17(21)18(23)22-8-7-12-3-1-2-4-14(12)11-22;/h1-6,10,17H,7-9,11,21H2;1H/t17-;/m1./s1. The van der Waals surface area contributed by atoms with Crippen LogP contribution in [0.25, 0.3) is 0 Å². The van der Waals surface area contributed by atoms with E-state index in [0.717, 1.165) is 12.0 Å². The summed E-state index contributed by atoms with van der Waals surface area (Å²) < 4.78 is 0. The second-order valence-corrected chi connectivity index (χ2v) is 6.67. The fraction of sp³-hybridized carbons (Fsp3) is 0.278. The van der Waals surface area contributed by atoms with Crippen molar-refractivity contribution in [3.8, 4) is 0 Å². The highest BCUT2D eigenvalue weighted by Crippen LogP contribution is 2.23. The number of hydrogen-bond acceptors (Lipinski definition) is 2. The summed E-state index contributed by atoms with van der Waals surface area (Å²) in [5, 5.41) is 1.12. The van der Waals surface area contributed by atoms with Crippen molar-refractivity contribution in [2.45, 2.75) is 25.4 Å². The summed E-state index contributed by atoms with van der Waals surface area (Å²) in [7, 11) is 0. The van der Waals surface area contributed by atoms with E-state index in [0.29, 0.717) is 29.6 Å². The Morgan fingerprint density at radius 3 is 2.58 bits per heavy atom. The first-order chi connectivity index (χ1) is 11.0. The Hall–Kier alpha value is -1.26. The number of rotatable bonds is 3. The number of carbonyl (C=O) groups excluding carboxylic acids is 1. The van der Waals surface area contributed by atoms with E-state index >= 15 is 0 Å². The molecule has 1 aliphatic rings. The first kappa shape index (κ1) is 19.1. The zero-order chi connectivity index (χ0) is 16.4. The Labute approximate surface area is 158 Å². The van der Waals surface area contributed by atoms with Gasteiger partial charge in [0.25, 0.3) is 0 Å². The number of nitrogens with two attached hydrogens (primary N) is 1. The third-order valence-corrected chi connectivity index (χ3v) is 4.80. The number of halogens is 3. The van der Waals surface area contributed by atoms with Crippen LogP contribution in [0.2, 0.25) is 10.0 Å². The van der Waals surface area contributed by atoms with Gasteiger partial charge in [0, 0.05) is 23.1 Å². The van der Waals surface area contributed by atoms with Crippen LogP contribution in [0.1, 0.15) is 16.7 Å². The topological polar surface area (TPSA) is 46.3 Å². The van der Waals surface area contributed by atoms with E-state index < -0.39 is 6.04 Å². The van der Waals surface area contributed by atoms with Gasteiger partial charge in [-0.1, -0.05) is 53.5 Å². The van der Waals surface area contributed by atoms with Crippen LogP contribution in [-0.4, -0.2) is 23.4 Å². The maximum absolute atomic E-state index is 12.6. The molecule has 2 N–H and O–H groups in total. The van der Waals surface area contributed by atoms with Crippen molar-refractivity contribution < 1.29 is 4.79 Å². The molecule has 0 radical (unpaired) electrons. The number of carbonyl (C=O) groups is 1. The van der Waals surface area contributed by atoms with Crippen molar-refractivity contribution in [2.24, 2.45) is 5.73 Å². The molecule has 1 amide bonds. The molecular weight excluding hydrogens is 367 g/mol. The fourth-order valence-corrected chi connectivity index (χ4v) is 3.42. The van der Waals surface area contributed by atoms with E-state index in [1.807, 2.05) is 23.1 Å². The lowest BCUT2D eigenvalue weighted by Crippen LogP contribution is -2.46. The minimum atomic E-state index is -0.598. The normalized spacial score (nSPS) is 14.5. The SMILES string of the molecule is Cl.N[C@H](Cc1ccc(Cl)cc1Cl)C(=O)N1CCc2ccccc2C1. The van der Waals surface area contributed by atoms with Crippen molar-refractivity contribution in [3.63, 3.8) is 0 Å². The minimum Gasteiger partial charge on any atom is -0.337 e. The van der Waals surface area contributed by atoms with Gasteiger partial charge in [0.1, 0.15) is 0 Å². The van der Waals surface area contributed by atoms with Crippen molar-refractivity contribution in [3.05, 3.63) is 69.2 Å². The van der Waals surface area contributed by atoms with Crippen LogP contribution in [0.4, 0.5) is 0 Å². The molecule has 0 bridgehead atoms. The van der Waals surface area contributed by atoms with Gasteiger partial charge in [0.15, 0.2) is 0 Å². The zero-order valence-corrected chi connectivity index (χ0v) is 15.4. The summed E-state index contributed by atoms with van der Waals surface area (Å²) in [5.74, 6) is -0.0366. The predicted molar refractivity (Wildman–Crippen MR) is 101 cm³/mol. The van der Waals surface area contributed by atoms with Crippen LogP contribution >= 0.6 is 35.6 Å². The van der Waals surface area contributed by atoms with Crippen LogP contribution in [0.3, 0.4) is 0 Å². The van der Waals surface area contributed by atoms with Gasteiger partial charge in [-0.2, -0.15) is 0 Å². The molecule has 3 nitrogen and oxygen atoms in total. The maximum atomic E-state index is 12.6. The number of amides is 1. The van der Waals surface area contributed by atoms with E-state index in [9.17, 15) is 4.79 Å². The molecule has 0 aromatic heterocycles. The first-order valence-electron chi connectivity index (χ1n) is 7.59. The molecule has 1 atom stereocenters. The monoisotopic (exact) mass is 384 g/mol. The molecule has 0 fully saturated rings. The predicted octanol–water partition coefficient (Wildman–Crippen LogP) is 3.87. The molecule has 2 aromatic rings. The molecule has 24 heavy (non-hydrogen) atoms. The van der Waals surface area contributed by atoms with Crippen LogP contribution in [0, 0.1) is 0 Å². The molecule has 0 aliphatic carbocycles. The molecular formula is C18H19Cl3N2O. The van der Waals surface area contributed by atoms with Crippen LogP contribution in [0.5, 0.6) is 0 Å². The molecule has 0 saturated carbocycles. The van der Waals surface area contributed by atoms with Crippen molar-refractivity contribution in [1.29, 1.82) is 0 Å². The first-order valence-corrected chi connectivity index (χ1v) is 8.35. The van der Waals surface area contributed by atoms with E-state index in [2.05, 4.69) is 12.1 Å². The number of nitrogens with zero attached hydrogens (tertiary/aromatic N) is 1. The van der Waals surface area contributed by atoms with E-state index in [1.54, 1.807) is 12.1 Å². The van der Waals surface area contributed by atoms with Gasteiger partial charge in [-0.15, -0.1) is 12.4 Å². The molecule has 0 spiro atoms. The molecule has 0 saturated heterocycles. The minimum absolute atomic E-state index is 0. The van der Waals surface area contributed by atoms with Gasteiger partial charge in [0.05, 0.1) is 6.04 Å². The summed E-state index contributed by atoms with van der Waals surface area (Å²) in [6.45, 7) is 1.33. The Kier molecular flexibility index (Phi) is 6.53. The summed E-state index contributed by atoms with van der Waals surface area (Å²) in [6.07, 6.45) is 1.28. The highest BCUT2D eigenvalue weighted by molar-refractivity contribution is 6.35. The van der Waals surface area contributed by atoms with Crippen molar-refractivity contribution >= 4 is 41.5 Å². The van der Waals surface area contributed by atoms with Crippen LogP contribution in [0.15, 0.2) is 42.5 Å². The lowest BCUT2D eigenvalue weighted by molar-refractivity contribution is -0.133. The number of hydrogen-bond donors (Lipinski definition) is 1. The largest absolute Gasteiger partial charge is 0.337 e. The summed E-state index contributed by atoms with van der Waals surface area (Å²) in [4.78, 5) is 14.5. The highest BCUT2D eigenvalue weighted by Gasteiger charge is 2.25. The molecule has 3 rings (SSSR count). The van der Waals surface area contributed by atoms with Crippen LogP contribution < -0.4 is 5.73 Å². The maximum Gasteiger partial charge on any atom is 0.240 e. The quantitative estimate of drug-likeness (QED) is 0.872. The summed E-state index contributed by atoms with van der Waals surface area (Å²) in [6, 6.07) is 12.9. The molecule has 6 heteroatoms. The van der Waals surface area contributed by atoms with Crippen molar-refractivity contribution in [1.82, 2.24) is 4.90 Å². The molecule has 128 valence electrons. The Morgan fingerprint density at radius 1 is 1.17 bits per heavy atom. The van der Waals surface area contributed by atoms with E-state index in [-0.39, 0.29) is 18.3 Å². The average molecular weight is 386 g/mol. The fourth-order valence-electron chi connectivity index (χ4n) is 2.93. The third kappa shape index (κ3) is 4.22. The van der Waals surface area contributed by atoms with E-state index in [1.165, 1.54) is 11.1 Å². The number of fused-ring (bicyclic) bond motifs is 1. The third-order valence-electron chi connectivity index (χ3n) is 4.21. The second-order valence-electron chi connectivity index (χ2n) is 5.82. The Morgan fingerprint density at radius 2 is 1.88 bits per heavy atom. The number of benzene rings is 2. The smallest absolute Gasteiger partial charge is 0.240 e. The van der Waals surface area contributed by atoms with Gasteiger partial charge in [-0.05, 0) is 41.7 Å². The summed E-state index contributed by atoms with van der Waals surface area (Å²) >= 11 is 12.1. The average Bonchev–Trinajstić information content (AvgIpc) is 2.56. The van der Waals surface area contributed by atoms with Gasteiger partial charge in [-0.3, -0.25) is 4.79 Å². The van der Waals surface area contributed by atoms with Crippen LogP contribution in [-0.2, 0) is 24.2 Å². The Bertz CT molecular complexity index is 736. The van der Waals surface area contributed by atoms with Gasteiger partial charge in [-0.25, -0.2) is 0 Å². The lowest BCUT2D eigenvalue weighted by atomic mass is 9.98. The highest BCUT2D eigenvalue weighted by atomic mass is 35.5. The molecule has 1 aliphatic heterocycles. The molecule has 2 aromatic carbocycles. The second kappa shape index (κ2) is 8.21. The molecule has 0 unspecified atom stereocenters. The lowest BCUT2D eigenvalue weighted by Gasteiger charge is -2.31. The summed E-state index contributed by atoms with van der Waals surface area (Å²) in [5.41, 5.74) is 9.48. The Balaban J connectivity index is 0.00000208. The van der Waals surface area contributed by atoms with E-state index in [4.69, 9.17) is 28.9 Å². The van der Waals surface area contributed by atoms with Gasteiger partial charge < -0.3 is 10.6 Å². The van der Waals surface area contributed by atoms with Gasteiger partial charge in [0.2, 0.25) is 5.91 Å².